The zero-order chi connectivity index (χ0) is 15.7. The van der Waals surface area contributed by atoms with Crippen LogP contribution in [0.4, 0.5) is 0 Å². The molecule has 22 heavy (non-hydrogen) atoms. The zero-order valence-electron chi connectivity index (χ0n) is 13.0. The molecule has 0 saturated carbocycles. The smallest absolute Gasteiger partial charge is 0.334 e. The topological polar surface area (TPSA) is 35.5 Å². The molecule has 1 saturated heterocycles. The highest BCUT2D eigenvalue weighted by atomic mass is 16.6. The first kappa shape index (κ1) is 14.6. The fraction of sp³-hybridized carbons (Fsp3) is 0.316. The Balaban J connectivity index is 1.83. The maximum absolute atomic E-state index is 11.6. The van der Waals surface area contributed by atoms with Crippen molar-refractivity contribution in [3.8, 4) is 5.75 Å². The van der Waals surface area contributed by atoms with Gasteiger partial charge in [-0.3, -0.25) is 0 Å². The number of methoxy groups -OCH3 is 1. The first-order chi connectivity index (χ1) is 10.6. The van der Waals surface area contributed by atoms with Gasteiger partial charge in [0.15, 0.2) is 0 Å². The number of esters is 1. The summed E-state index contributed by atoms with van der Waals surface area (Å²) in [4.78, 5) is 11.6. The van der Waals surface area contributed by atoms with Crippen LogP contribution < -0.4 is 4.74 Å². The molecule has 2 aromatic carbocycles. The number of aryl methyl sites for hydroxylation is 1. The van der Waals surface area contributed by atoms with E-state index in [9.17, 15) is 4.79 Å². The van der Waals surface area contributed by atoms with E-state index in [1.807, 2.05) is 25.1 Å². The van der Waals surface area contributed by atoms with Gasteiger partial charge in [0.1, 0.15) is 11.9 Å². The highest BCUT2D eigenvalue weighted by Gasteiger charge is 2.34. The summed E-state index contributed by atoms with van der Waals surface area (Å²) in [5.74, 6) is 0.725. The summed E-state index contributed by atoms with van der Waals surface area (Å²) in [6, 6.07) is 12.3. The van der Waals surface area contributed by atoms with Gasteiger partial charge in [0.05, 0.1) is 7.11 Å². The third-order valence-electron chi connectivity index (χ3n) is 4.52. The van der Waals surface area contributed by atoms with E-state index in [0.717, 1.165) is 24.0 Å². The molecule has 0 aromatic heterocycles. The van der Waals surface area contributed by atoms with Gasteiger partial charge >= 0.3 is 5.97 Å². The van der Waals surface area contributed by atoms with Crippen molar-refractivity contribution in [3.63, 3.8) is 0 Å². The quantitative estimate of drug-likeness (QED) is 0.634. The SMILES string of the molecule is C=C1C(=O)OC(CCc2ccc(OC)c3ccccc23)C1C. The van der Waals surface area contributed by atoms with E-state index in [-0.39, 0.29) is 18.0 Å². The molecule has 0 radical (unpaired) electrons. The van der Waals surface area contributed by atoms with Gasteiger partial charge in [0.25, 0.3) is 0 Å². The van der Waals surface area contributed by atoms with Crippen molar-refractivity contribution >= 4 is 16.7 Å². The average Bonchev–Trinajstić information content (AvgIpc) is 2.79. The molecule has 3 rings (SSSR count). The first-order valence-corrected chi connectivity index (χ1v) is 7.56. The lowest BCUT2D eigenvalue weighted by atomic mass is 9.93. The molecule has 1 heterocycles. The summed E-state index contributed by atoms with van der Waals surface area (Å²) >= 11 is 0. The van der Waals surface area contributed by atoms with Crippen LogP contribution in [0.5, 0.6) is 5.75 Å². The van der Waals surface area contributed by atoms with Crippen molar-refractivity contribution in [1.82, 2.24) is 0 Å². The van der Waals surface area contributed by atoms with E-state index in [1.165, 1.54) is 10.9 Å². The fourth-order valence-electron chi connectivity index (χ4n) is 3.06. The molecule has 2 atom stereocenters. The molecule has 1 fully saturated rings. The molecule has 1 aliphatic rings. The van der Waals surface area contributed by atoms with Gasteiger partial charge in [-0.25, -0.2) is 4.79 Å². The predicted molar refractivity (Wildman–Crippen MR) is 87.0 cm³/mol. The Kier molecular flexibility index (Phi) is 3.88. The molecular weight excluding hydrogens is 276 g/mol. The normalized spacial score (nSPS) is 21.2. The molecule has 1 aliphatic heterocycles. The lowest BCUT2D eigenvalue weighted by molar-refractivity contribution is -0.139. The standard InChI is InChI=1S/C19H20O3/c1-12-13(2)19(20)22-17(12)10-8-14-9-11-18(21-3)16-7-5-4-6-15(14)16/h4-7,9,11-12,17H,2,8,10H2,1,3H3. The van der Waals surface area contributed by atoms with E-state index in [4.69, 9.17) is 9.47 Å². The minimum atomic E-state index is -0.253. The van der Waals surface area contributed by atoms with Crippen molar-refractivity contribution < 1.29 is 14.3 Å². The van der Waals surface area contributed by atoms with Crippen molar-refractivity contribution in [3.05, 3.63) is 54.1 Å². The molecule has 0 N–H and O–H groups in total. The summed E-state index contributed by atoms with van der Waals surface area (Å²) < 4.78 is 10.8. The van der Waals surface area contributed by atoms with Gasteiger partial charge in [0, 0.05) is 16.9 Å². The van der Waals surface area contributed by atoms with E-state index in [1.54, 1.807) is 7.11 Å². The third kappa shape index (κ3) is 2.47. The summed E-state index contributed by atoms with van der Waals surface area (Å²) in [6.45, 7) is 5.81. The largest absolute Gasteiger partial charge is 0.496 e. The molecular formula is C19H20O3. The molecule has 0 spiro atoms. The van der Waals surface area contributed by atoms with Gasteiger partial charge < -0.3 is 9.47 Å². The maximum atomic E-state index is 11.6. The highest BCUT2D eigenvalue weighted by molar-refractivity contribution is 5.91. The fourth-order valence-corrected chi connectivity index (χ4v) is 3.06. The first-order valence-electron chi connectivity index (χ1n) is 7.56. The average molecular weight is 296 g/mol. The van der Waals surface area contributed by atoms with Crippen LogP contribution in [0.15, 0.2) is 48.6 Å². The van der Waals surface area contributed by atoms with Crippen molar-refractivity contribution in [2.45, 2.75) is 25.9 Å². The van der Waals surface area contributed by atoms with Crippen LogP contribution in [-0.2, 0) is 16.0 Å². The van der Waals surface area contributed by atoms with Crippen LogP contribution in [0.1, 0.15) is 18.9 Å². The number of benzene rings is 2. The van der Waals surface area contributed by atoms with Gasteiger partial charge in [-0.05, 0) is 29.9 Å². The van der Waals surface area contributed by atoms with Crippen molar-refractivity contribution in [2.24, 2.45) is 5.92 Å². The predicted octanol–water partition coefficient (Wildman–Crippen LogP) is 3.90. The number of hydrogen-bond acceptors (Lipinski definition) is 3. The Labute approximate surface area is 130 Å². The minimum absolute atomic E-state index is 0.0686. The molecule has 3 nitrogen and oxygen atoms in total. The van der Waals surface area contributed by atoms with Gasteiger partial charge in [-0.15, -0.1) is 0 Å². The molecule has 2 unspecified atom stereocenters. The minimum Gasteiger partial charge on any atom is -0.496 e. The van der Waals surface area contributed by atoms with Gasteiger partial charge in [-0.2, -0.15) is 0 Å². The Hall–Kier alpha value is -2.29. The number of rotatable bonds is 4. The summed E-state index contributed by atoms with van der Waals surface area (Å²) in [7, 11) is 1.69. The second-order valence-corrected chi connectivity index (χ2v) is 5.77. The maximum Gasteiger partial charge on any atom is 0.334 e. The van der Waals surface area contributed by atoms with E-state index in [0.29, 0.717) is 5.57 Å². The van der Waals surface area contributed by atoms with Crippen LogP contribution in [0.2, 0.25) is 0 Å². The summed E-state index contributed by atoms with van der Waals surface area (Å²) in [5.41, 5.74) is 1.83. The third-order valence-corrected chi connectivity index (χ3v) is 4.52. The lowest BCUT2D eigenvalue weighted by Crippen LogP contribution is -2.14. The molecule has 0 aliphatic carbocycles. The molecule has 3 heteroatoms. The van der Waals surface area contributed by atoms with Crippen LogP contribution in [0.25, 0.3) is 10.8 Å². The summed E-state index contributed by atoms with van der Waals surface area (Å²) in [6.07, 6.45) is 1.60. The molecule has 114 valence electrons. The highest BCUT2D eigenvalue weighted by Crippen LogP contribution is 2.32. The Bertz CT molecular complexity index is 733. The Morgan fingerprint density at radius 2 is 1.91 bits per heavy atom. The second-order valence-electron chi connectivity index (χ2n) is 5.77. The van der Waals surface area contributed by atoms with Crippen LogP contribution in [-0.4, -0.2) is 19.2 Å². The van der Waals surface area contributed by atoms with Crippen LogP contribution in [0, 0.1) is 5.92 Å². The summed E-state index contributed by atoms with van der Waals surface area (Å²) in [5, 5.41) is 2.31. The molecule has 0 amide bonds. The lowest BCUT2D eigenvalue weighted by Gasteiger charge is -2.15. The monoisotopic (exact) mass is 296 g/mol. The van der Waals surface area contributed by atoms with E-state index < -0.39 is 0 Å². The van der Waals surface area contributed by atoms with Crippen LogP contribution in [0.3, 0.4) is 0 Å². The van der Waals surface area contributed by atoms with E-state index in [2.05, 4.69) is 24.8 Å². The number of hydrogen-bond donors (Lipinski definition) is 0. The van der Waals surface area contributed by atoms with Crippen LogP contribution >= 0.6 is 0 Å². The number of cyclic esters (lactones) is 1. The Morgan fingerprint density at radius 3 is 2.55 bits per heavy atom. The van der Waals surface area contributed by atoms with Gasteiger partial charge in [0.2, 0.25) is 0 Å². The van der Waals surface area contributed by atoms with Crippen molar-refractivity contribution in [1.29, 1.82) is 0 Å². The zero-order valence-corrected chi connectivity index (χ0v) is 13.0. The Morgan fingerprint density at radius 1 is 1.18 bits per heavy atom. The van der Waals surface area contributed by atoms with E-state index >= 15 is 0 Å². The number of fused-ring (bicyclic) bond motifs is 1. The molecule has 2 aromatic rings. The number of carbonyl (C=O) groups is 1. The van der Waals surface area contributed by atoms with Crippen molar-refractivity contribution in [2.75, 3.05) is 7.11 Å². The number of carbonyl (C=O) groups excluding carboxylic acids is 1. The second kappa shape index (κ2) is 5.84. The number of ether oxygens (including phenoxy) is 2. The van der Waals surface area contributed by atoms with Gasteiger partial charge in [-0.1, -0.05) is 43.8 Å². The molecule has 0 bridgehead atoms.